The molecule has 2 rings (SSSR count). The number of nitrogens with zero attached hydrogens (tertiary/aromatic N) is 2. The topological polar surface area (TPSA) is 124 Å². The number of rotatable bonds is 10. The number of hydrogen-bond donors (Lipinski definition) is 3. The van der Waals surface area contributed by atoms with Crippen LogP contribution in [-0.2, 0) is 23.0 Å². The summed E-state index contributed by atoms with van der Waals surface area (Å²) in [6, 6.07) is 14.1. The summed E-state index contributed by atoms with van der Waals surface area (Å²) in [5, 5.41) is 20.3. The molecule has 0 aliphatic rings. The van der Waals surface area contributed by atoms with Gasteiger partial charge < -0.3 is 20.8 Å². The van der Waals surface area contributed by atoms with Gasteiger partial charge in [0.2, 0.25) is 10.0 Å². The van der Waals surface area contributed by atoms with Crippen molar-refractivity contribution in [3.8, 4) is 0 Å². The van der Waals surface area contributed by atoms with Crippen molar-refractivity contribution in [2.24, 2.45) is 5.73 Å². The van der Waals surface area contributed by atoms with Crippen LogP contribution in [0, 0.1) is 0 Å². The fourth-order valence-electron chi connectivity index (χ4n) is 3.31. The minimum Gasteiger partial charge on any atom is -0.465 e. The van der Waals surface area contributed by atoms with Gasteiger partial charge in [-0.05, 0) is 41.2 Å². The Kier molecular flexibility index (Phi) is 8.65. The third kappa shape index (κ3) is 7.22. The summed E-state index contributed by atoms with van der Waals surface area (Å²) in [5.74, 6) is 0.116. The molecule has 4 N–H and O–H groups in total. The second-order valence-corrected chi connectivity index (χ2v) is 10.4. The first-order chi connectivity index (χ1) is 14.9. The molecule has 0 aliphatic carbocycles. The Morgan fingerprint density at radius 1 is 1.09 bits per heavy atom. The maximum Gasteiger partial charge on any atom is 0.407 e. The summed E-state index contributed by atoms with van der Waals surface area (Å²) in [6.45, 7) is 3.79. The summed E-state index contributed by atoms with van der Waals surface area (Å²) in [5.41, 5.74) is 9.06. The standard InChI is InChI=1S/C23H33N3O5S/c1-16(2)19-10-18(11-20(13-19)25(3)32(4,30)31)14-26(23(28)29)15-22(27)21(24)12-17-8-6-5-7-9-17/h5-11,13,16,21-22,27H,12,14-15,24H2,1-4H3,(H,28,29)/t21-,22+/m0/s1. The minimum absolute atomic E-state index is 0.00435. The molecule has 176 valence electrons. The largest absolute Gasteiger partial charge is 0.465 e. The third-order valence-corrected chi connectivity index (χ3v) is 6.59. The summed E-state index contributed by atoms with van der Waals surface area (Å²) in [7, 11) is -2.01. The van der Waals surface area contributed by atoms with Crippen molar-refractivity contribution in [1.29, 1.82) is 0 Å². The number of anilines is 1. The van der Waals surface area contributed by atoms with Crippen LogP contribution in [-0.4, -0.2) is 61.6 Å². The van der Waals surface area contributed by atoms with Crippen LogP contribution in [0.15, 0.2) is 48.5 Å². The molecule has 1 amide bonds. The van der Waals surface area contributed by atoms with Crippen LogP contribution >= 0.6 is 0 Å². The molecule has 0 spiro atoms. The lowest BCUT2D eigenvalue weighted by atomic mass is 9.99. The fourth-order valence-corrected chi connectivity index (χ4v) is 3.80. The SMILES string of the molecule is CC(C)c1cc(CN(C[C@@H](O)[C@@H](N)Cc2ccccc2)C(=O)O)cc(N(C)S(C)(=O)=O)c1. The molecule has 2 aromatic rings. The number of carboxylic acid groups (broad SMARTS) is 1. The highest BCUT2D eigenvalue weighted by molar-refractivity contribution is 7.92. The van der Waals surface area contributed by atoms with Crippen LogP contribution in [0.3, 0.4) is 0 Å². The summed E-state index contributed by atoms with van der Waals surface area (Å²) < 4.78 is 25.2. The monoisotopic (exact) mass is 463 g/mol. The predicted octanol–water partition coefficient (Wildman–Crippen LogP) is 2.62. The van der Waals surface area contributed by atoms with Gasteiger partial charge >= 0.3 is 6.09 Å². The van der Waals surface area contributed by atoms with E-state index < -0.39 is 28.3 Å². The fraction of sp³-hybridized carbons (Fsp3) is 0.435. The lowest BCUT2D eigenvalue weighted by molar-refractivity contribution is 0.0795. The molecule has 2 atom stereocenters. The molecule has 0 unspecified atom stereocenters. The van der Waals surface area contributed by atoms with Crippen molar-refractivity contribution in [2.45, 2.75) is 44.9 Å². The Hall–Kier alpha value is -2.62. The maximum atomic E-state index is 12.0. The van der Waals surface area contributed by atoms with Gasteiger partial charge in [0.15, 0.2) is 0 Å². The van der Waals surface area contributed by atoms with Crippen LogP contribution in [0.5, 0.6) is 0 Å². The van der Waals surface area contributed by atoms with Crippen LogP contribution in [0.2, 0.25) is 0 Å². The smallest absolute Gasteiger partial charge is 0.407 e. The Labute approximate surface area is 190 Å². The lowest BCUT2D eigenvalue weighted by Crippen LogP contribution is -2.46. The number of hydrogen-bond acceptors (Lipinski definition) is 5. The van der Waals surface area contributed by atoms with Crippen molar-refractivity contribution in [1.82, 2.24) is 4.90 Å². The summed E-state index contributed by atoms with van der Waals surface area (Å²) in [6.07, 6.45) is -0.716. The first-order valence-corrected chi connectivity index (χ1v) is 12.3. The van der Waals surface area contributed by atoms with E-state index in [4.69, 9.17) is 5.73 Å². The number of aliphatic hydroxyl groups excluding tert-OH is 1. The molecular weight excluding hydrogens is 430 g/mol. The van der Waals surface area contributed by atoms with Gasteiger partial charge in [-0.2, -0.15) is 0 Å². The van der Waals surface area contributed by atoms with E-state index in [9.17, 15) is 23.4 Å². The molecule has 0 aliphatic heterocycles. The van der Waals surface area contributed by atoms with Crippen molar-refractivity contribution >= 4 is 21.8 Å². The van der Waals surface area contributed by atoms with E-state index in [0.29, 0.717) is 17.7 Å². The Balaban J connectivity index is 2.22. The zero-order valence-corrected chi connectivity index (χ0v) is 19.8. The van der Waals surface area contributed by atoms with Gasteiger partial charge in [0.05, 0.1) is 24.6 Å². The summed E-state index contributed by atoms with van der Waals surface area (Å²) >= 11 is 0. The van der Waals surface area contributed by atoms with E-state index in [1.807, 2.05) is 50.2 Å². The van der Waals surface area contributed by atoms with Gasteiger partial charge in [0.25, 0.3) is 0 Å². The quantitative estimate of drug-likeness (QED) is 0.498. The number of nitrogens with two attached hydrogens (primary N) is 1. The van der Waals surface area contributed by atoms with Gasteiger partial charge in [-0.25, -0.2) is 13.2 Å². The van der Waals surface area contributed by atoms with E-state index in [1.165, 1.54) is 7.05 Å². The number of benzene rings is 2. The first kappa shape index (κ1) is 25.6. The van der Waals surface area contributed by atoms with Gasteiger partial charge in [-0.15, -0.1) is 0 Å². The molecule has 0 heterocycles. The molecule has 32 heavy (non-hydrogen) atoms. The highest BCUT2D eigenvalue weighted by Gasteiger charge is 2.23. The first-order valence-electron chi connectivity index (χ1n) is 10.4. The molecule has 0 radical (unpaired) electrons. The van der Waals surface area contributed by atoms with Gasteiger partial charge in [-0.1, -0.05) is 50.2 Å². The average Bonchev–Trinajstić information content (AvgIpc) is 2.72. The Morgan fingerprint density at radius 3 is 2.25 bits per heavy atom. The van der Waals surface area contributed by atoms with Crippen molar-refractivity contribution in [3.63, 3.8) is 0 Å². The predicted molar refractivity (Wildman–Crippen MR) is 126 cm³/mol. The number of carbonyl (C=O) groups is 1. The van der Waals surface area contributed by atoms with Gasteiger partial charge in [0.1, 0.15) is 0 Å². The average molecular weight is 464 g/mol. The van der Waals surface area contributed by atoms with E-state index in [2.05, 4.69) is 0 Å². The zero-order valence-electron chi connectivity index (χ0n) is 19.0. The molecule has 0 aromatic heterocycles. The summed E-state index contributed by atoms with van der Waals surface area (Å²) in [4.78, 5) is 13.0. The van der Waals surface area contributed by atoms with Crippen molar-refractivity contribution in [3.05, 3.63) is 65.2 Å². The second kappa shape index (κ2) is 10.8. The maximum absolute atomic E-state index is 12.0. The number of aliphatic hydroxyl groups is 1. The van der Waals surface area contributed by atoms with Gasteiger partial charge in [0, 0.05) is 19.6 Å². The van der Waals surface area contributed by atoms with E-state index in [0.717, 1.165) is 26.6 Å². The Morgan fingerprint density at radius 2 is 1.72 bits per heavy atom. The molecule has 0 saturated heterocycles. The minimum atomic E-state index is -3.47. The Bertz CT molecular complexity index is 1010. The highest BCUT2D eigenvalue weighted by Crippen LogP contribution is 2.26. The zero-order chi connectivity index (χ0) is 24.1. The van der Waals surface area contributed by atoms with E-state index in [1.54, 1.807) is 12.1 Å². The lowest BCUT2D eigenvalue weighted by Gasteiger charge is -2.27. The van der Waals surface area contributed by atoms with Crippen molar-refractivity contribution in [2.75, 3.05) is 24.2 Å². The normalized spacial score (nSPS) is 13.6. The van der Waals surface area contributed by atoms with Crippen molar-refractivity contribution < 1.29 is 23.4 Å². The second-order valence-electron chi connectivity index (χ2n) is 8.40. The number of sulfonamides is 1. The molecule has 0 bridgehead atoms. The van der Waals surface area contributed by atoms with Gasteiger partial charge in [-0.3, -0.25) is 4.31 Å². The van der Waals surface area contributed by atoms with Crippen LogP contribution in [0.25, 0.3) is 0 Å². The number of amides is 1. The molecule has 0 saturated carbocycles. The van der Waals surface area contributed by atoms with Crippen LogP contribution in [0.4, 0.5) is 10.5 Å². The third-order valence-electron chi connectivity index (χ3n) is 5.39. The van der Waals surface area contributed by atoms with Crippen LogP contribution < -0.4 is 10.0 Å². The van der Waals surface area contributed by atoms with E-state index in [-0.39, 0.29) is 19.0 Å². The molecule has 2 aromatic carbocycles. The molecule has 9 heteroatoms. The highest BCUT2D eigenvalue weighted by atomic mass is 32.2. The van der Waals surface area contributed by atoms with Crippen LogP contribution in [0.1, 0.15) is 36.5 Å². The molecular formula is C23H33N3O5S. The molecule has 8 nitrogen and oxygen atoms in total. The van der Waals surface area contributed by atoms with E-state index >= 15 is 0 Å². The molecule has 0 fully saturated rings.